The van der Waals surface area contributed by atoms with E-state index in [2.05, 4.69) is 20.8 Å². The van der Waals surface area contributed by atoms with Crippen molar-refractivity contribution in [2.24, 2.45) is 5.92 Å². The molecule has 1 aromatic carbocycles. The molecule has 2 heterocycles. The highest BCUT2D eigenvalue weighted by molar-refractivity contribution is 9.10. The second-order valence-electron chi connectivity index (χ2n) is 7.37. The van der Waals surface area contributed by atoms with Gasteiger partial charge in [-0.2, -0.15) is 0 Å². The molecule has 24 heavy (non-hydrogen) atoms. The molecule has 0 N–H and O–H groups in total. The van der Waals surface area contributed by atoms with Gasteiger partial charge in [0.05, 0.1) is 12.2 Å². The maximum Gasteiger partial charge on any atom is 0.419 e. The monoisotopic (exact) mass is 396 g/mol. The minimum Gasteiger partial charge on any atom is -0.443 e. The fraction of sp³-hybridized carbons (Fsp3) is 0.500. The predicted octanol–water partition coefficient (Wildman–Crippen LogP) is 4.59. The summed E-state index contributed by atoms with van der Waals surface area (Å²) in [4.78, 5) is 14.8. The topological polar surface area (TPSA) is 34.5 Å². The Labute approximate surface area is 149 Å². The maximum atomic E-state index is 12.7. The molecule has 1 aliphatic rings. The van der Waals surface area contributed by atoms with Crippen LogP contribution in [0.4, 0.5) is 9.18 Å². The SMILES string of the molecule is CC(C)(C)OC(=O)n1c(CN2CC(CF)C2)cc2cc(Br)ccc21. The van der Waals surface area contributed by atoms with Crippen molar-refractivity contribution < 1.29 is 13.9 Å². The summed E-state index contributed by atoms with van der Waals surface area (Å²) in [6, 6.07) is 7.82. The number of fused-ring (bicyclic) bond motifs is 1. The second-order valence-corrected chi connectivity index (χ2v) is 8.28. The molecule has 0 bridgehead atoms. The van der Waals surface area contributed by atoms with Gasteiger partial charge in [-0.05, 0) is 45.0 Å². The fourth-order valence-corrected chi connectivity index (χ4v) is 3.39. The minimum atomic E-state index is -0.559. The molecule has 3 rings (SSSR count). The summed E-state index contributed by atoms with van der Waals surface area (Å²) >= 11 is 3.47. The van der Waals surface area contributed by atoms with Crippen molar-refractivity contribution in [2.75, 3.05) is 19.8 Å². The Hall–Kier alpha value is -1.40. The molecule has 4 nitrogen and oxygen atoms in total. The van der Waals surface area contributed by atoms with Crippen LogP contribution < -0.4 is 0 Å². The molecule has 0 radical (unpaired) electrons. The van der Waals surface area contributed by atoms with Gasteiger partial charge in [0.25, 0.3) is 0 Å². The Morgan fingerprint density at radius 1 is 1.33 bits per heavy atom. The third kappa shape index (κ3) is 3.64. The average molecular weight is 397 g/mol. The molecule has 0 unspecified atom stereocenters. The molecular formula is C18H22BrFN2O2. The summed E-state index contributed by atoms with van der Waals surface area (Å²) in [6.07, 6.45) is -0.377. The standard InChI is InChI=1S/C18H22BrFN2O2/c1-18(2,3)24-17(23)22-15(11-21-9-12(8-20)10-21)7-13-6-14(19)4-5-16(13)22/h4-7,12H,8-11H2,1-3H3. The van der Waals surface area contributed by atoms with Crippen LogP contribution in [0.2, 0.25) is 0 Å². The van der Waals surface area contributed by atoms with Crippen LogP contribution in [0.3, 0.4) is 0 Å². The Morgan fingerprint density at radius 3 is 2.67 bits per heavy atom. The van der Waals surface area contributed by atoms with E-state index in [0.717, 1.165) is 34.2 Å². The molecule has 0 amide bonds. The van der Waals surface area contributed by atoms with Gasteiger partial charge >= 0.3 is 6.09 Å². The van der Waals surface area contributed by atoms with Crippen LogP contribution in [-0.4, -0.2) is 40.9 Å². The van der Waals surface area contributed by atoms with E-state index >= 15 is 0 Å². The summed E-state index contributed by atoms with van der Waals surface area (Å²) in [7, 11) is 0. The number of carbonyl (C=O) groups excluding carboxylic acids is 1. The minimum absolute atomic E-state index is 0.124. The van der Waals surface area contributed by atoms with Crippen molar-refractivity contribution >= 4 is 32.9 Å². The second kappa shape index (κ2) is 6.48. The van der Waals surface area contributed by atoms with Gasteiger partial charge in [0.2, 0.25) is 0 Å². The summed E-state index contributed by atoms with van der Waals surface area (Å²) in [5, 5.41) is 0.979. The number of rotatable bonds is 3. The van der Waals surface area contributed by atoms with Gasteiger partial charge in [0, 0.05) is 41.1 Å². The highest BCUT2D eigenvalue weighted by atomic mass is 79.9. The van der Waals surface area contributed by atoms with Crippen molar-refractivity contribution in [3.05, 3.63) is 34.4 Å². The van der Waals surface area contributed by atoms with Crippen LogP contribution in [-0.2, 0) is 11.3 Å². The molecule has 1 aliphatic heterocycles. The molecule has 1 saturated heterocycles. The molecular weight excluding hydrogens is 375 g/mol. The van der Waals surface area contributed by atoms with E-state index in [0.29, 0.717) is 6.54 Å². The molecule has 130 valence electrons. The molecule has 0 saturated carbocycles. The predicted molar refractivity (Wildman–Crippen MR) is 96.0 cm³/mol. The molecule has 6 heteroatoms. The van der Waals surface area contributed by atoms with Gasteiger partial charge in [-0.25, -0.2) is 9.36 Å². The lowest BCUT2D eigenvalue weighted by molar-refractivity contribution is 0.0506. The van der Waals surface area contributed by atoms with Crippen LogP contribution in [0.1, 0.15) is 26.5 Å². The normalized spacial score (nSPS) is 16.4. The molecule has 0 aliphatic carbocycles. The van der Waals surface area contributed by atoms with E-state index < -0.39 is 5.60 Å². The number of ether oxygens (including phenoxy) is 1. The first-order valence-electron chi connectivity index (χ1n) is 8.08. The van der Waals surface area contributed by atoms with E-state index in [9.17, 15) is 9.18 Å². The Bertz CT molecular complexity index is 760. The van der Waals surface area contributed by atoms with E-state index in [-0.39, 0.29) is 18.7 Å². The summed E-state index contributed by atoms with van der Waals surface area (Å²) in [6.45, 7) is 7.36. The fourth-order valence-electron chi connectivity index (χ4n) is 3.02. The third-order valence-electron chi connectivity index (χ3n) is 4.05. The largest absolute Gasteiger partial charge is 0.443 e. The number of likely N-dealkylation sites (tertiary alicyclic amines) is 1. The highest BCUT2D eigenvalue weighted by Crippen LogP contribution is 2.27. The quantitative estimate of drug-likeness (QED) is 0.760. The molecule has 0 atom stereocenters. The van der Waals surface area contributed by atoms with Crippen molar-refractivity contribution in [3.8, 4) is 0 Å². The average Bonchev–Trinajstić information content (AvgIpc) is 2.77. The van der Waals surface area contributed by atoms with Crippen molar-refractivity contribution in [1.82, 2.24) is 9.47 Å². The van der Waals surface area contributed by atoms with Gasteiger partial charge in [-0.1, -0.05) is 15.9 Å². The van der Waals surface area contributed by atoms with Gasteiger partial charge in [0.1, 0.15) is 5.60 Å². The molecule has 2 aromatic rings. The van der Waals surface area contributed by atoms with Crippen LogP contribution in [0.15, 0.2) is 28.7 Å². The number of halogens is 2. The van der Waals surface area contributed by atoms with Gasteiger partial charge in [0.15, 0.2) is 0 Å². The van der Waals surface area contributed by atoms with Gasteiger partial charge < -0.3 is 4.74 Å². The number of alkyl halides is 1. The third-order valence-corrected chi connectivity index (χ3v) is 4.55. The van der Waals surface area contributed by atoms with Gasteiger partial charge in [-0.3, -0.25) is 9.29 Å². The molecule has 1 fully saturated rings. The van der Waals surface area contributed by atoms with Crippen LogP contribution in [0, 0.1) is 5.92 Å². The summed E-state index contributed by atoms with van der Waals surface area (Å²) in [5.41, 5.74) is 1.14. The number of carbonyl (C=O) groups is 1. The highest BCUT2D eigenvalue weighted by Gasteiger charge is 2.29. The smallest absolute Gasteiger partial charge is 0.419 e. The van der Waals surface area contributed by atoms with Crippen LogP contribution in [0.5, 0.6) is 0 Å². The molecule has 0 spiro atoms. The lowest BCUT2D eigenvalue weighted by Crippen LogP contribution is -2.47. The van der Waals surface area contributed by atoms with E-state index in [1.165, 1.54) is 0 Å². The number of hydrogen-bond acceptors (Lipinski definition) is 3. The van der Waals surface area contributed by atoms with Crippen LogP contribution in [0.25, 0.3) is 10.9 Å². The summed E-state index contributed by atoms with van der Waals surface area (Å²) < 4.78 is 20.8. The Morgan fingerprint density at radius 2 is 2.04 bits per heavy atom. The van der Waals surface area contributed by atoms with Crippen LogP contribution >= 0.6 is 15.9 Å². The van der Waals surface area contributed by atoms with Crippen molar-refractivity contribution in [3.63, 3.8) is 0 Å². The zero-order valence-electron chi connectivity index (χ0n) is 14.2. The van der Waals surface area contributed by atoms with E-state index in [1.54, 1.807) is 4.57 Å². The Kier molecular flexibility index (Phi) is 4.71. The first kappa shape index (κ1) is 17.4. The zero-order valence-corrected chi connectivity index (χ0v) is 15.8. The van der Waals surface area contributed by atoms with E-state index in [1.807, 2.05) is 45.0 Å². The molecule has 1 aromatic heterocycles. The van der Waals surface area contributed by atoms with Crippen molar-refractivity contribution in [2.45, 2.75) is 32.9 Å². The lowest BCUT2D eigenvalue weighted by atomic mass is 10.0. The number of aromatic nitrogens is 1. The van der Waals surface area contributed by atoms with Crippen molar-refractivity contribution in [1.29, 1.82) is 0 Å². The van der Waals surface area contributed by atoms with E-state index in [4.69, 9.17) is 4.74 Å². The number of hydrogen-bond donors (Lipinski definition) is 0. The van der Waals surface area contributed by atoms with Gasteiger partial charge in [-0.15, -0.1) is 0 Å². The maximum absolute atomic E-state index is 12.7. The summed E-state index contributed by atoms with van der Waals surface area (Å²) in [5.74, 6) is 0.124. The number of nitrogens with zero attached hydrogens (tertiary/aromatic N) is 2. The first-order chi connectivity index (χ1) is 11.3. The number of benzene rings is 1. The zero-order chi connectivity index (χ0) is 17.5. The lowest BCUT2D eigenvalue weighted by Gasteiger charge is -2.37. The first-order valence-corrected chi connectivity index (χ1v) is 8.87. The Balaban J connectivity index is 1.94.